The van der Waals surface area contributed by atoms with E-state index >= 15 is 0 Å². The normalized spacial score (nSPS) is 31.4. The lowest BCUT2D eigenvalue weighted by atomic mass is 10.1. The number of fused-ring (bicyclic) bond motifs is 4. The summed E-state index contributed by atoms with van der Waals surface area (Å²) >= 11 is 0. The molecule has 2 unspecified atom stereocenters. The number of nitrogens with zero attached hydrogens (tertiary/aromatic N) is 2. The zero-order chi connectivity index (χ0) is 18.4. The van der Waals surface area contributed by atoms with Crippen molar-refractivity contribution in [3.8, 4) is 0 Å². The molecule has 3 saturated heterocycles. The van der Waals surface area contributed by atoms with E-state index in [1.54, 1.807) is 4.90 Å². The van der Waals surface area contributed by atoms with Crippen LogP contribution in [-0.4, -0.2) is 65.7 Å². The largest absolute Gasteiger partial charge is 0.469 e. The third-order valence-corrected chi connectivity index (χ3v) is 5.29. The van der Waals surface area contributed by atoms with Crippen LogP contribution >= 0.6 is 0 Å². The van der Waals surface area contributed by atoms with E-state index in [1.807, 2.05) is 25.7 Å². The average molecular weight is 352 g/mol. The lowest BCUT2D eigenvalue weighted by Crippen LogP contribution is -2.60. The molecule has 3 heterocycles. The first-order chi connectivity index (χ1) is 11.7. The van der Waals surface area contributed by atoms with Crippen molar-refractivity contribution in [2.45, 2.75) is 64.1 Å². The van der Waals surface area contributed by atoms with Gasteiger partial charge in [0.15, 0.2) is 0 Å². The molecule has 7 heteroatoms. The monoisotopic (exact) mass is 352 g/mol. The van der Waals surface area contributed by atoms with Crippen molar-refractivity contribution in [3.63, 3.8) is 0 Å². The number of ether oxygens (including phenoxy) is 2. The fourth-order valence-corrected chi connectivity index (χ4v) is 3.94. The highest BCUT2D eigenvalue weighted by Crippen LogP contribution is 2.42. The quantitative estimate of drug-likeness (QED) is 0.708. The average Bonchev–Trinajstić information content (AvgIpc) is 3.35. The minimum Gasteiger partial charge on any atom is -0.469 e. The van der Waals surface area contributed by atoms with E-state index in [2.05, 4.69) is 0 Å². The summed E-state index contributed by atoms with van der Waals surface area (Å²) in [5, 5.41) is 0. The van der Waals surface area contributed by atoms with E-state index in [1.165, 1.54) is 7.11 Å². The van der Waals surface area contributed by atoms with E-state index in [4.69, 9.17) is 9.47 Å². The van der Waals surface area contributed by atoms with Crippen molar-refractivity contribution in [3.05, 3.63) is 0 Å². The van der Waals surface area contributed by atoms with Crippen LogP contribution in [-0.2, 0) is 19.1 Å². The molecule has 0 aromatic carbocycles. The minimum absolute atomic E-state index is 0.00660. The van der Waals surface area contributed by atoms with Crippen LogP contribution in [0.25, 0.3) is 0 Å². The third-order valence-electron chi connectivity index (χ3n) is 5.29. The van der Waals surface area contributed by atoms with Crippen LogP contribution in [0, 0.1) is 11.8 Å². The topological polar surface area (TPSA) is 76.2 Å². The predicted octanol–water partition coefficient (Wildman–Crippen LogP) is 1.80. The Kier molecular flexibility index (Phi) is 4.68. The second kappa shape index (κ2) is 6.50. The third kappa shape index (κ3) is 3.75. The van der Waals surface area contributed by atoms with E-state index in [0.29, 0.717) is 19.5 Å². The Balaban J connectivity index is 1.66. The van der Waals surface area contributed by atoms with Gasteiger partial charge in [-0.05, 0) is 46.5 Å². The first kappa shape index (κ1) is 18.0. The molecule has 140 valence electrons. The maximum atomic E-state index is 12.8. The molecule has 0 aromatic heterocycles. The summed E-state index contributed by atoms with van der Waals surface area (Å²) in [6, 6.07) is 0.00513. The SMILES string of the molecule is COC(=O)[C@H]1C[C@@H]1C(=O)N1CC2CCCC1CN2C(=O)OC(C)(C)C. The van der Waals surface area contributed by atoms with Crippen LogP contribution < -0.4 is 0 Å². The van der Waals surface area contributed by atoms with Crippen molar-refractivity contribution in [1.29, 1.82) is 0 Å². The van der Waals surface area contributed by atoms with Crippen molar-refractivity contribution in [2.24, 2.45) is 11.8 Å². The fraction of sp³-hybridized carbons (Fsp3) is 0.833. The summed E-state index contributed by atoms with van der Waals surface area (Å²) in [7, 11) is 1.36. The van der Waals surface area contributed by atoms with Crippen LogP contribution in [0.15, 0.2) is 0 Å². The number of hydrogen-bond donors (Lipinski definition) is 0. The number of methoxy groups -OCH3 is 1. The smallest absolute Gasteiger partial charge is 0.410 e. The molecular weight excluding hydrogens is 324 g/mol. The molecule has 0 aromatic rings. The van der Waals surface area contributed by atoms with Gasteiger partial charge in [0.1, 0.15) is 5.60 Å². The van der Waals surface area contributed by atoms with Crippen LogP contribution in [0.1, 0.15) is 46.5 Å². The zero-order valence-corrected chi connectivity index (χ0v) is 15.5. The van der Waals surface area contributed by atoms with Gasteiger partial charge in [-0.3, -0.25) is 9.59 Å². The number of hydrogen-bond acceptors (Lipinski definition) is 5. The highest BCUT2D eigenvalue weighted by Gasteiger charge is 2.53. The van der Waals surface area contributed by atoms with E-state index in [-0.39, 0.29) is 41.9 Å². The van der Waals surface area contributed by atoms with Crippen molar-refractivity contribution in [2.75, 3.05) is 20.2 Å². The molecule has 2 amide bonds. The Labute approximate surface area is 148 Å². The Morgan fingerprint density at radius 2 is 1.56 bits per heavy atom. The molecule has 4 atom stereocenters. The maximum absolute atomic E-state index is 12.8. The summed E-state index contributed by atoms with van der Waals surface area (Å²) in [4.78, 5) is 40.6. The van der Waals surface area contributed by atoms with E-state index in [9.17, 15) is 14.4 Å². The standard InChI is InChI=1S/C18H28N2O5/c1-18(2,3)25-17(23)20-10-11-6-5-7-12(20)9-19(11)15(21)13-8-14(13)16(22)24-4/h11-14H,5-10H2,1-4H3/t11?,12?,13-,14-/m0/s1. The van der Waals surface area contributed by atoms with Crippen LogP contribution in [0.5, 0.6) is 0 Å². The summed E-state index contributed by atoms with van der Waals surface area (Å²) in [6.07, 6.45) is 3.04. The van der Waals surface area contributed by atoms with Crippen molar-refractivity contribution >= 4 is 18.0 Å². The lowest BCUT2D eigenvalue weighted by Gasteiger charge is -2.44. The number of amides is 2. The van der Waals surface area contributed by atoms with E-state index < -0.39 is 5.60 Å². The molecular formula is C18H28N2O5. The van der Waals surface area contributed by atoms with Gasteiger partial charge in [0, 0.05) is 19.1 Å². The molecule has 0 spiro atoms. The number of carbonyl (C=O) groups is 3. The van der Waals surface area contributed by atoms with Crippen LogP contribution in [0.4, 0.5) is 4.79 Å². The molecule has 2 bridgehead atoms. The van der Waals surface area contributed by atoms with Gasteiger partial charge >= 0.3 is 12.1 Å². The number of piperazine rings is 1. The maximum Gasteiger partial charge on any atom is 0.410 e. The lowest BCUT2D eigenvalue weighted by molar-refractivity contribution is -0.146. The van der Waals surface area contributed by atoms with Gasteiger partial charge in [0.25, 0.3) is 0 Å². The van der Waals surface area contributed by atoms with Gasteiger partial charge in [0.05, 0.1) is 25.0 Å². The first-order valence-electron chi connectivity index (χ1n) is 9.09. The molecule has 25 heavy (non-hydrogen) atoms. The Morgan fingerprint density at radius 1 is 0.960 bits per heavy atom. The second-order valence-corrected chi connectivity index (χ2v) is 8.33. The van der Waals surface area contributed by atoms with Crippen molar-refractivity contribution < 1.29 is 23.9 Å². The molecule has 3 aliphatic heterocycles. The van der Waals surface area contributed by atoms with Gasteiger partial charge < -0.3 is 19.3 Å². The first-order valence-corrected chi connectivity index (χ1v) is 9.09. The molecule has 0 radical (unpaired) electrons. The summed E-state index contributed by atoms with van der Waals surface area (Å²) in [5.74, 6) is -0.798. The molecule has 7 nitrogen and oxygen atoms in total. The molecule has 4 fully saturated rings. The molecule has 1 aliphatic carbocycles. The molecule has 0 N–H and O–H groups in total. The predicted molar refractivity (Wildman–Crippen MR) is 89.7 cm³/mol. The molecule has 4 aliphatic rings. The Morgan fingerprint density at radius 3 is 2.16 bits per heavy atom. The zero-order valence-electron chi connectivity index (χ0n) is 15.5. The Bertz CT molecular complexity index is 570. The summed E-state index contributed by atoms with van der Waals surface area (Å²) < 4.78 is 10.3. The number of rotatable bonds is 2. The van der Waals surface area contributed by atoms with Gasteiger partial charge in [0.2, 0.25) is 5.91 Å². The van der Waals surface area contributed by atoms with Gasteiger partial charge in [-0.25, -0.2) is 4.79 Å². The highest BCUT2D eigenvalue weighted by molar-refractivity contribution is 5.90. The Hall–Kier alpha value is -1.79. The molecule has 1 saturated carbocycles. The van der Waals surface area contributed by atoms with Crippen LogP contribution in [0.3, 0.4) is 0 Å². The van der Waals surface area contributed by atoms with Gasteiger partial charge in [-0.2, -0.15) is 0 Å². The summed E-state index contributed by atoms with van der Waals surface area (Å²) in [6.45, 7) is 6.62. The second-order valence-electron chi connectivity index (χ2n) is 8.33. The van der Waals surface area contributed by atoms with Crippen molar-refractivity contribution in [1.82, 2.24) is 9.80 Å². The fourth-order valence-electron chi connectivity index (χ4n) is 3.94. The van der Waals surface area contributed by atoms with Gasteiger partial charge in [-0.1, -0.05) is 0 Å². The highest BCUT2D eigenvalue weighted by atomic mass is 16.6. The summed E-state index contributed by atoms with van der Waals surface area (Å²) in [5.41, 5.74) is -0.528. The van der Waals surface area contributed by atoms with E-state index in [0.717, 1.165) is 19.3 Å². The minimum atomic E-state index is -0.528. The molecule has 4 rings (SSSR count). The number of carbonyl (C=O) groups excluding carboxylic acids is 3. The van der Waals surface area contributed by atoms with Crippen LogP contribution in [0.2, 0.25) is 0 Å². The van der Waals surface area contributed by atoms with Gasteiger partial charge in [-0.15, -0.1) is 0 Å². The number of esters is 1.